The van der Waals surface area contributed by atoms with E-state index < -0.39 is 0 Å². The molecule has 1 unspecified atom stereocenters. The molecule has 19 heavy (non-hydrogen) atoms. The van der Waals surface area contributed by atoms with Gasteiger partial charge in [0, 0.05) is 22.0 Å². The molecule has 0 aliphatic carbocycles. The molecule has 1 aromatic rings. The van der Waals surface area contributed by atoms with Gasteiger partial charge in [0.15, 0.2) is 0 Å². The molecule has 1 amide bonds. The first-order chi connectivity index (χ1) is 8.90. The Morgan fingerprint density at radius 1 is 1.37 bits per heavy atom. The van der Waals surface area contributed by atoms with E-state index in [1.807, 2.05) is 36.1 Å². The highest BCUT2D eigenvalue weighted by Crippen LogP contribution is 2.32. The Labute approximate surface area is 124 Å². The number of hydrogen-bond donors (Lipinski definition) is 0. The van der Waals surface area contributed by atoms with E-state index >= 15 is 0 Å². The lowest BCUT2D eigenvalue weighted by atomic mass is 10.0. The van der Waals surface area contributed by atoms with E-state index in [9.17, 15) is 4.79 Å². The van der Waals surface area contributed by atoms with Crippen molar-refractivity contribution in [3.8, 4) is 0 Å². The van der Waals surface area contributed by atoms with Crippen molar-refractivity contribution in [1.82, 2.24) is 4.90 Å². The van der Waals surface area contributed by atoms with E-state index in [4.69, 9.17) is 11.6 Å². The van der Waals surface area contributed by atoms with Crippen LogP contribution >= 0.6 is 23.4 Å². The van der Waals surface area contributed by atoms with Crippen LogP contribution in [-0.2, 0) is 4.79 Å². The summed E-state index contributed by atoms with van der Waals surface area (Å²) in [5.74, 6) is 0.238. The molecule has 1 atom stereocenters. The van der Waals surface area contributed by atoms with E-state index in [-0.39, 0.29) is 16.7 Å². The summed E-state index contributed by atoms with van der Waals surface area (Å²) in [6.45, 7) is 7.17. The number of amides is 1. The molecule has 0 N–H and O–H groups in total. The number of carbonyl (C=O) groups is 1. The normalized spacial score (nSPS) is 19.5. The molecular weight excluding hydrogens is 278 g/mol. The number of hydrogen-bond acceptors (Lipinski definition) is 2. The van der Waals surface area contributed by atoms with Crippen LogP contribution in [0.5, 0.6) is 0 Å². The number of benzene rings is 1. The van der Waals surface area contributed by atoms with Gasteiger partial charge in [0.1, 0.15) is 0 Å². The van der Waals surface area contributed by atoms with Crippen LogP contribution in [0, 0.1) is 0 Å². The van der Waals surface area contributed by atoms with Crippen molar-refractivity contribution in [1.29, 1.82) is 0 Å². The molecule has 1 aromatic carbocycles. The minimum absolute atomic E-state index is 0.00585. The fourth-order valence-corrected chi connectivity index (χ4v) is 3.56. The summed E-state index contributed by atoms with van der Waals surface area (Å²) in [6, 6.07) is 7.65. The van der Waals surface area contributed by atoms with E-state index in [0.29, 0.717) is 0 Å². The maximum absolute atomic E-state index is 12.5. The van der Waals surface area contributed by atoms with Crippen LogP contribution in [0.4, 0.5) is 0 Å². The molecule has 0 bridgehead atoms. The second-order valence-corrected chi connectivity index (χ2v) is 7.47. The van der Waals surface area contributed by atoms with E-state index in [0.717, 1.165) is 29.3 Å². The molecule has 104 valence electrons. The highest BCUT2D eigenvalue weighted by Gasteiger charge is 2.37. The molecule has 1 fully saturated rings. The SMILES string of the molecule is CC(Sc1ccc(Cl)cc1)C(=O)N1CCCC1(C)C. The van der Waals surface area contributed by atoms with Crippen molar-refractivity contribution in [2.45, 2.75) is 49.3 Å². The summed E-state index contributed by atoms with van der Waals surface area (Å²) in [4.78, 5) is 15.6. The summed E-state index contributed by atoms with van der Waals surface area (Å²) in [5, 5.41) is 0.669. The Balaban J connectivity index is 2.01. The Morgan fingerprint density at radius 3 is 2.53 bits per heavy atom. The second kappa shape index (κ2) is 5.76. The van der Waals surface area contributed by atoms with Crippen molar-refractivity contribution in [2.75, 3.05) is 6.54 Å². The second-order valence-electron chi connectivity index (χ2n) is 5.62. The molecule has 1 aliphatic rings. The molecule has 0 spiro atoms. The number of likely N-dealkylation sites (tertiary alicyclic amines) is 1. The molecule has 1 aliphatic heterocycles. The Hall–Kier alpha value is -0.670. The monoisotopic (exact) mass is 297 g/mol. The van der Waals surface area contributed by atoms with Gasteiger partial charge in [0.25, 0.3) is 0 Å². The first-order valence-corrected chi connectivity index (χ1v) is 7.89. The van der Waals surface area contributed by atoms with Gasteiger partial charge in [-0.1, -0.05) is 11.6 Å². The molecular formula is C15H20ClNOS. The zero-order valence-corrected chi connectivity index (χ0v) is 13.2. The Bertz CT molecular complexity index is 458. The predicted octanol–water partition coefficient (Wildman–Crippen LogP) is 4.22. The van der Waals surface area contributed by atoms with Crippen molar-refractivity contribution >= 4 is 29.3 Å². The Kier molecular flexibility index (Phi) is 4.46. The Morgan fingerprint density at radius 2 is 2.00 bits per heavy atom. The quantitative estimate of drug-likeness (QED) is 0.779. The first kappa shape index (κ1) is 14.7. The van der Waals surface area contributed by atoms with Crippen LogP contribution in [0.2, 0.25) is 5.02 Å². The third kappa shape index (κ3) is 3.46. The van der Waals surface area contributed by atoms with Crippen LogP contribution in [0.1, 0.15) is 33.6 Å². The maximum atomic E-state index is 12.5. The van der Waals surface area contributed by atoms with Crippen molar-refractivity contribution in [3.05, 3.63) is 29.3 Å². The van der Waals surface area contributed by atoms with Crippen molar-refractivity contribution in [3.63, 3.8) is 0 Å². The number of rotatable bonds is 3. The maximum Gasteiger partial charge on any atom is 0.236 e. The zero-order chi connectivity index (χ0) is 14.0. The van der Waals surface area contributed by atoms with Crippen LogP contribution in [-0.4, -0.2) is 28.1 Å². The average Bonchev–Trinajstić information content (AvgIpc) is 2.71. The van der Waals surface area contributed by atoms with Crippen molar-refractivity contribution in [2.24, 2.45) is 0 Å². The number of carbonyl (C=O) groups excluding carboxylic acids is 1. The van der Waals surface area contributed by atoms with E-state index in [2.05, 4.69) is 13.8 Å². The van der Waals surface area contributed by atoms with Gasteiger partial charge in [-0.3, -0.25) is 4.79 Å². The van der Waals surface area contributed by atoms with Gasteiger partial charge in [-0.05, 0) is 57.9 Å². The van der Waals surface area contributed by atoms with Crippen LogP contribution in [0.3, 0.4) is 0 Å². The first-order valence-electron chi connectivity index (χ1n) is 6.64. The number of thioether (sulfide) groups is 1. The summed E-state index contributed by atoms with van der Waals surface area (Å²) < 4.78 is 0. The molecule has 0 radical (unpaired) electrons. The minimum atomic E-state index is -0.0569. The average molecular weight is 298 g/mol. The smallest absolute Gasteiger partial charge is 0.236 e. The summed E-state index contributed by atoms with van der Waals surface area (Å²) in [5.41, 5.74) is 0.00585. The van der Waals surface area contributed by atoms with Gasteiger partial charge in [-0.25, -0.2) is 0 Å². The van der Waals surface area contributed by atoms with Crippen LogP contribution < -0.4 is 0 Å². The molecule has 0 saturated carbocycles. The topological polar surface area (TPSA) is 20.3 Å². The lowest BCUT2D eigenvalue weighted by Crippen LogP contribution is -2.45. The van der Waals surface area contributed by atoms with Gasteiger partial charge >= 0.3 is 0 Å². The third-order valence-electron chi connectivity index (χ3n) is 3.64. The van der Waals surface area contributed by atoms with Gasteiger partial charge in [0.2, 0.25) is 5.91 Å². The lowest BCUT2D eigenvalue weighted by molar-refractivity contribution is -0.133. The lowest BCUT2D eigenvalue weighted by Gasteiger charge is -2.33. The predicted molar refractivity (Wildman–Crippen MR) is 81.8 cm³/mol. The molecule has 1 heterocycles. The molecule has 4 heteroatoms. The highest BCUT2D eigenvalue weighted by molar-refractivity contribution is 8.00. The fraction of sp³-hybridized carbons (Fsp3) is 0.533. The molecule has 1 saturated heterocycles. The van der Waals surface area contributed by atoms with Gasteiger partial charge in [0.05, 0.1) is 5.25 Å². The van der Waals surface area contributed by atoms with Gasteiger partial charge in [-0.15, -0.1) is 11.8 Å². The standard InChI is InChI=1S/C15H20ClNOS/c1-11(19-13-7-5-12(16)6-8-13)14(18)17-10-4-9-15(17,2)3/h5-8,11H,4,9-10H2,1-3H3. The largest absolute Gasteiger partial charge is 0.337 e. The van der Waals surface area contributed by atoms with Gasteiger partial charge < -0.3 is 4.90 Å². The summed E-state index contributed by atoms with van der Waals surface area (Å²) in [6.07, 6.45) is 2.20. The fourth-order valence-electron chi connectivity index (χ4n) is 2.50. The molecule has 2 nitrogen and oxygen atoms in total. The zero-order valence-electron chi connectivity index (χ0n) is 11.6. The highest BCUT2D eigenvalue weighted by atomic mass is 35.5. The summed E-state index contributed by atoms with van der Waals surface area (Å²) >= 11 is 7.47. The number of halogens is 1. The van der Waals surface area contributed by atoms with E-state index in [1.54, 1.807) is 11.8 Å². The van der Waals surface area contributed by atoms with E-state index in [1.165, 1.54) is 0 Å². The molecule has 0 aromatic heterocycles. The third-order valence-corrected chi connectivity index (χ3v) is 4.99. The van der Waals surface area contributed by atoms with Crippen molar-refractivity contribution < 1.29 is 4.79 Å². The van der Waals surface area contributed by atoms with Gasteiger partial charge in [-0.2, -0.15) is 0 Å². The number of nitrogens with zero attached hydrogens (tertiary/aromatic N) is 1. The molecule has 2 rings (SSSR count). The van der Waals surface area contributed by atoms with Crippen LogP contribution in [0.15, 0.2) is 29.2 Å². The van der Waals surface area contributed by atoms with Crippen LogP contribution in [0.25, 0.3) is 0 Å². The minimum Gasteiger partial charge on any atom is -0.337 e. The summed E-state index contributed by atoms with van der Waals surface area (Å²) in [7, 11) is 0.